The van der Waals surface area contributed by atoms with E-state index in [1.165, 1.54) is 6.92 Å². The summed E-state index contributed by atoms with van der Waals surface area (Å²) in [4.78, 5) is 22.8. The van der Waals surface area contributed by atoms with Crippen molar-refractivity contribution in [2.75, 3.05) is 6.61 Å². The van der Waals surface area contributed by atoms with E-state index in [9.17, 15) is 14.7 Å². The normalized spacial score (nSPS) is 13.3. The number of carbonyl (C=O) groups is 2. The number of rotatable bonds is 8. The molecule has 0 aliphatic carbocycles. The number of benzene rings is 1. The van der Waals surface area contributed by atoms with Gasteiger partial charge in [0.1, 0.15) is 5.75 Å². The van der Waals surface area contributed by atoms with E-state index in [0.717, 1.165) is 12.8 Å². The van der Waals surface area contributed by atoms with Crippen LogP contribution < -0.4 is 10.1 Å². The van der Waals surface area contributed by atoms with Crippen molar-refractivity contribution in [3.8, 4) is 5.75 Å². The molecule has 1 aromatic rings. The number of aliphatic carboxylic acids is 1. The summed E-state index contributed by atoms with van der Waals surface area (Å²) in [7, 11) is 0. The van der Waals surface area contributed by atoms with Crippen molar-refractivity contribution in [2.24, 2.45) is 0 Å². The van der Waals surface area contributed by atoms with Crippen LogP contribution in [0.15, 0.2) is 24.3 Å². The number of carboxylic acids is 1. The van der Waals surface area contributed by atoms with E-state index in [2.05, 4.69) is 12.2 Å². The Kier molecular flexibility index (Phi) is 6.68. The zero-order valence-electron chi connectivity index (χ0n) is 12.2. The number of hydrogen-bond acceptors (Lipinski definition) is 4. The molecule has 6 nitrogen and oxygen atoms in total. The van der Waals surface area contributed by atoms with E-state index in [4.69, 9.17) is 9.84 Å². The molecule has 0 bridgehead atoms. The van der Waals surface area contributed by atoms with Crippen molar-refractivity contribution in [1.82, 2.24) is 5.32 Å². The predicted molar refractivity (Wildman–Crippen MR) is 77.4 cm³/mol. The molecular formula is C15H21NO5. The summed E-state index contributed by atoms with van der Waals surface area (Å²) >= 11 is 0. The lowest BCUT2D eigenvalue weighted by Gasteiger charge is -2.17. The number of ether oxygens (including phenoxy) is 1. The zero-order chi connectivity index (χ0) is 15.8. The fourth-order valence-electron chi connectivity index (χ4n) is 1.65. The van der Waals surface area contributed by atoms with Gasteiger partial charge in [0.15, 0.2) is 6.04 Å². The van der Waals surface area contributed by atoms with Crippen LogP contribution in [-0.2, 0) is 4.79 Å². The molecule has 1 aromatic carbocycles. The molecule has 0 radical (unpaired) electrons. The summed E-state index contributed by atoms with van der Waals surface area (Å²) in [5, 5.41) is 20.5. The van der Waals surface area contributed by atoms with Crippen LogP contribution in [0.1, 0.15) is 37.0 Å². The number of unbranched alkanes of at least 4 members (excludes halogenated alkanes) is 1. The summed E-state index contributed by atoms with van der Waals surface area (Å²) in [6.45, 7) is 3.99. The van der Waals surface area contributed by atoms with Crippen LogP contribution >= 0.6 is 0 Å². The lowest BCUT2D eigenvalue weighted by molar-refractivity contribution is -0.141. The minimum Gasteiger partial charge on any atom is -0.494 e. The third-order valence-electron chi connectivity index (χ3n) is 2.92. The SMILES string of the molecule is CCCCOc1ccc(C(=O)N[C@H](C(=O)O)[C@H](C)O)cc1. The Morgan fingerprint density at radius 3 is 2.38 bits per heavy atom. The van der Waals surface area contributed by atoms with Crippen molar-refractivity contribution in [3.63, 3.8) is 0 Å². The monoisotopic (exact) mass is 295 g/mol. The number of nitrogens with one attached hydrogen (secondary N) is 1. The molecule has 0 heterocycles. The minimum atomic E-state index is -1.34. The Hall–Kier alpha value is -2.08. The second-order valence-corrected chi connectivity index (χ2v) is 4.76. The highest BCUT2D eigenvalue weighted by atomic mass is 16.5. The van der Waals surface area contributed by atoms with Crippen molar-refractivity contribution in [1.29, 1.82) is 0 Å². The molecule has 0 aromatic heterocycles. The van der Waals surface area contributed by atoms with Gasteiger partial charge in [-0.25, -0.2) is 4.79 Å². The van der Waals surface area contributed by atoms with Crippen molar-refractivity contribution in [2.45, 2.75) is 38.8 Å². The average Bonchev–Trinajstić information content (AvgIpc) is 2.44. The highest BCUT2D eigenvalue weighted by Gasteiger charge is 2.25. The molecule has 0 fully saturated rings. The molecule has 1 amide bonds. The second-order valence-electron chi connectivity index (χ2n) is 4.76. The maximum Gasteiger partial charge on any atom is 0.328 e. The summed E-state index contributed by atoms with van der Waals surface area (Å²) in [5.41, 5.74) is 0.310. The van der Waals surface area contributed by atoms with E-state index in [-0.39, 0.29) is 0 Å². The van der Waals surface area contributed by atoms with Crippen LogP contribution in [0.2, 0.25) is 0 Å². The van der Waals surface area contributed by atoms with Crippen LogP contribution in [-0.4, -0.2) is 40.8 Å². The van der Waals surface area contributed by atoms with E-state index in [1.807, 2.05) is 0 Å². The summed E-state index contributed by atoms with van der Waals surface area (Å²) in [6, 6.07) is 5.08. The first kappa shape index (κ1) is 17.0. The summed E-state index contributed by atoms with van der Waals surface area (Å²) in [6.07, 6.45) is 0.816. The molecule has 0 unspecified atom stereocenters. The van der Waals surface area contributed by atoms with Gasteiger partial charge in [-0.3, -0.25) is 4.79 Å². The first-order chi connectivity index (χ1) is 9.95. The lowest BCUT2D eigenvalue weighted by Crippen LogP contribution is -2.47. The fraction of sp³-hybridized carbons (Fsp3) is 0.467. The van der Waals surface area contributed by atoms with Gasteiger partial charge in [0.2, 0.25) is 0 Å². The van der Waals surface area contributed by atoms with Crippen molar-refractivity contribution < 1.29 is 24.5 Å². The van der Waals surface area contributed by atoms with E-state index in [0.29, 0.717) is 17.9 Å². The molecule has 6 heteroatoms. The predicted octanol–water partition coefficient (Wildman–Crippen LogP) is 1.43. The second kappa shape index (κ2) is 8.26. The topological polar surface area (TPSA) is 95.9 Å². The molecule has 3 N–H and O–H groups in total. The zero-order valence-corrected chi connectivity index (χ0v) is 12.2. The van der Waals surface area contributed by atoms with Gasteiger partial charge in [-0.05, 0) is 37.6 Å². The van der Waals surface area contributed by atoms with Crippen LogP contribution in [0.25, 0.3) is 0 Å². The van der Waals surface area contributed by atoms with E-state index >= 15 is 0 Å². The molecule has 0 aliphatic heterocycles. The van der Waals surface area contributed by atoms with Gasteiger partial charge in [-0.1, -0.05) is 13.3 Å². The number of aliphatic hydroxyl groups excluding tert-OH is 1. The summed E-state index contributed by atoms with van der Waals surface area (Å²) < 4.78 is 5.47. The molecule has 0 saturated heterocycles. The first-order valence-corrected chi connectivity index (χ1v) is 6.90. The van der Waals surface area contributed by atoms with Crippen molar-refractivity contribution in [3.05, 3.63) is 29.8 Å². The van der Waals surface area contributed by atoms with Crippen LogP contribution in [0, 0.1) is 0 Å². The maximum atomic E-state index is 11.9. The van der Waals surface area contributed by atoms with Crippen LogP contribution in [0.3, 0.4) is 0 Å². The van der Waals surface area contributed by atoms with Gasteiger partial charge >= 0.3 is 5.97 Å². The van der Waals surface area contributed by atoms with Gasteiger partial charge in [-0.15, -0.1) is 0 Å². The van der Waals surface area contributed by atoms with E-state index < -0.39 is 24.0 Å². The lowest BCUT2D eigenvalue weighted by atomic mass is 10.1. The van der Waals surface area contributed by atoms with Gasteiger partial charge in [0.05, 0.1) is 12.7 Å². The van der Waals surface area contributed by atoms with Crippen LogP contribution in [0.5, 0.6) is 5.75 Å². The Morgan fingerprint density at radius 2 is 1.90 bits per heavy atom. The average molecular weight is 295 g/mol. The Balaban J connectivity index is 2.64. The van der Waals surface area contributed by atoms with Gasteiger partial charge in [0.25, 0.3) is 5.91 Å². The molecule has 0 spiro atoms. The van der Waals surface area contributed by atoms with E-state index in [1.54, 1.807) is 24.3 Å². The Labute approximate surface area is 123 Å². The fourth-order valence-corrected chi connectivity index (χ4v) is 1.65. The number of aliphatic hydroxyl groups is 1. The van der Waals surface area contributed by atoms with Crippen molar-refractivity contribution >= 4 is 11.9 Å². The highest BCUT2D eigenvalue weighted by Crippen LogP contribution is 2.13. The standard InChI is InChI=1S/C15H21NO5/c1-3-4-9-21-12-7-5-11(6-8-12)14(18)16-13(10(2)17)15(19)20/h5-8,10,13,17H,3-4,9H2,1-2H3,(H,16,18)(H,19,20)/t10-,13-/m0/s1. The number of amides is 1. The highest BCUT2D eigenvalue weighted by molar-refractivity contribution is 5.96. The Morgan fingerprint density at radius 1 is 1.29 bits per heavy atom. The van der Waals surface area contributed by atoms with Gasteiger partial charge in [0, 0.05) is 5.56 Å². The molecule has 0 saturated carbocycles. The largest absolute Gasteiger partial charge is 0.494 e. The minimum absolute atomic E-state index is 0.310. The first-order valence-electron chi connectivity index (χ1n) is 6.90. The third-order valence-corrected chi connectivity index (χ3v) is 2.92. The van der Waals surface area contributed by atoms with Gasteiger partial charge in [-0.2, -0.15) is 0 Å². The summed E-state index contributed by atoms with van der Waals surface area (Å²) in [5.74, 6) is -1.17. The molecule has 116 valence electrons. The third kappa shape index (κ3) is 5.43. The molecule has 0 aliphatic rings. The smallest absolute Gasteiger partial charge is 0.328 e. The molecule has 1 rings (SSSR count). The Bertz CT molecular complexity index is 469. The quantitative estimate of drug-likeness (QED) is 0.630. The number of carbonyl (C=O) groups excluding carboxylic acids is 1. The maximum absolute atomic E-state index is 11.9. The number of hydrogen-bond donors (Lipinski definition) is 3. The number of carboxylic acid groups (broad SMARTS) is 1. The van der Waals surface area contributed by atoms with Gasteiger partial charge < -0.3 is 20.3 Å². The van der Waals surface area contributed by atoms with Crippen LogP contribution in [0.4, 0.5) is 0 Å². The molecule has 2 atom stereocenters. The molecular weight excluding hydrogens is 274 g/mol. The molecule has 21 heavy (non-hydrogen) atoms.